The van der Waals surface area contributed by atoms with Gasteiger partial charge < -0.3 is 15.2 Å². The smallest absolute Gasteiger partial charge is 0.142 e. The molecule has 0 heterocycles. The summed E-state index contributed by atoms with van der Waals surface area (Å²) >= 11 is 3.41. The maximum absolute atomic E-state index is 8.69. The van der Waals surface area contributed by atoms with Crippen molar-refractivity contribution in [3.63, 3.8) is 0 Å². The first-order valence-corrected chi connectivity index (χ1v) is 5.84. The number of hydrogen-bond donors (Lipinski definition) is 2. The van der Waals surface area contributed by atoms with Gasteiger partial charge in [-0.1, -0.05) is 15.9 Å². The largest absolute Gasteiger partial charge is 0.492 e. The van der Waals surface area contributed by atoms with Crippen LogP contribution in [0.1, 0.15) is 13.3 Å². The number of halogens is 1. The Labute approximate surface area is 98.6 Å². The first kappa shape index (κ1) is 12.3. The lowest BCUT2D eigenvalue weighted by molar-refractivity contribution is 0.292. The van der Waals surface area contributed by atoms with Crippen LogP contribution in [0.25, 0.3) is 0 Å². The third kappa shape index (κ3) is 4.10. The molecule has 0 bridgehead atoms. The molecule has 84 valence electrons. The van der Waals surface area contributed by atoms with Gasteiger partial charge in [0.15, 0.2) is 0 Å². The van der Waals surface area contributed by atoms with Gasteiger partial charge in [-0.25, -0.2) is 0 Å². The summed E-state index contributed by atoms with van der Waals surface area (Å²) in [7, 11) is 0. The Kier molecular flexibility index (Phi) is 5.50. The molecule has 2 N–H and O–H groups in total. The molecule has 0 saturated heterocycles. The fraction of sp³-hybridized carbons (Fsp3) is 0.455. The van der Waals surface area contributed by atoms with Gasteiger partial charge in [-0.05, 0) is 31.5 Å². The highest BCUT2D eigenvalue weighted by molar-refractivity contribution is 9.10. The van der Waals surface area contributed by atoms with Crippen LogP contribution in [0.15, 0.2) is 22.7 Å². The lowest BCUT2D eigenvalue weighted by Crippen LogP contribution is -2.05. The predicted octanol–water partition coefficient (Wildman–Crippen LogP) is 2.64. The van der Waals surface area contributed by atoms with Crippen LogP contribution < -0.4 is 10.1 Å². The second-order valence-electron chi connectivity index (χ2n) is 3.08. The Morgan fingerprint density at radius 2 is 2.27 bits per heavy atom. The number of nitrogens with one attached hydrogen (secondary N) is 1. The second-order valence-corrected chi connectivity index (χ2v) is 3.99. The van der Waals surface area contributed by atoms with Crippen LogP contribution in [0, 0.1) is 0 Å². The highest BCUT2D eigenvalue weighted by atomic mass is 79.9. The maximum Gasteiger partial charge on any atom is 0.142 e. The molecule has 0 aliphatic carbocycles. The number of aliphatic hydroxyl groups excluding tert-OH is 1. The van der Waals surface area contributed by atoms with Crippen LogP contribution in [0.2, 0.25) is 0 Å². The third-order valence-corrected chi connectivity index (χ3v) is 2.39. The molecule has 3 nitrogen and oxygen atoms in total. The van der Waals surface area contributed by atoms with E-state index in [-0.39, 0.29) is 6.61 Å². The molecule has 0 radical (unpaired) electrons. The van der Waals surface area contributed by atoms with Gasteiger partial charge in [0.05, 0.1) is 12.3 Å². The van der Waals surface area contributed by atoms with Crippen molar-refractivity contribution in [1.29, 1.82) is 0 Å². The van der Waals surface area contributed by atoms with Crippen molar-refractivity contribution >= 4 is 21.6 Å². The van der Waals surface area contributed by atoms with E-state index in [0.29, 0.717) is 6.61 Å². The Balaban J connectivity index is 2.68. The van der Waals surface area contributed by atoms with E-state index in [4.69, 9.17) is 9.84 Å². The minimum Gasteiger partial charge on any atom is -0.492 e. The molecule has 1 rings (SSSR count). The van der Waals surface area contributed by atoms with Gasteiger partial charge in [0.2, 0.25) is 0 Å². The topological polar surface area (TPSA) is 41.5 Å². The molecule has 4 heteroatoms. The Morgan fingerprint density at radius 3 is 2.93 bits per heavy atom. The van der Waals surface area contributed by atoms with Gasteiger partial charge in [-0.2, -0.15) is 0 Å². The van der Waals surface area contributed by atoms with Crippen molar-refractivity contribution in [2.45, 2.75) is 13.3 Å². The minimum absolute atomic E-state index is 0.199. The number of aliphatic hydroxyl groups is 1. The van der Waals surface area contributed by atoms with Gasteiger partial charge >= 0.3 is 0 Å². The molecule has 0 amide bonds. The van der Waals surface area contributed by atoms with E-state index >= 15 is 0 Å². The highest BCUT2D eigenvalue weighted by Gasteiger charge is 2.02. The molecular weight excluding hydrogens is 258 g/mol. The quantitative estimate of drug-likeness (QED) is 0.783. The average molecular weight is 274 g/mol. The first-order chi connectivity index (χ1) is 7.27. The molecule has 0 aliphatic heterocycles. The van der Waals surface area contributed by atoms with Crippen molar-refractivity contribution in [3.05, 3.63) is 22.7 Å². The lowest BCUT2D eigenvalue weighted by atomic mass is 10.3. The van der Waals surface area contributed by atoms with Crippen LogP contribution in [-0.4, -0.2) is 24.9 Å². The van der Waals surface area contributed by atoms with Crippen LogP contribution in [-0.2, 0) is 0 Å². The van der Waals surface area contributed by atoms with E-state index in [2.05, 4.69) is 21.2 Å². The van der Waals surface area contributed by atoms with E-state index in [1.807, 2.05) is 25.1 Å². The van der Waals surface area contributed by atoms with Crippen molar-refractivity contribution in [2.75, 3.05) is 25.1 Å². The summed E-state index contributed by atoms with van der Waals surface area (Å²) < 4.78 is 6.49. The summed E-state index contributed by atoms with van der Waals surface area (Å²) in [6.45, 7) is 3.55. The Morgan fingerprint density at radius 1 is 1.47 bits per heavy atom. The molecule has 1 aromatic carbocycles. The standard InChI is InChI=1S/C11H16BrNO2/c1-2-15-11-5-4-9(12)8-10(11)13-6-3-7-14/h4-5,8,13-14H,2-3,6-7H2,1H3. The van der Waals surface area contributed by atoms with Gasteiger partial charge in [-0.3, -0.25) is 0 Å². The lowest BCUT2D eigenvalue weighted by Gasteiger charge is -2.12. The molecule has 0 aliphatic rings. The van der Waals surface area contributed by atoms with Crippen molar-refractivity contribution in [2.24, 2.45) is 0 Å². The Bertz CT molecular complexity index is 305. The number of hydrogen-bond acceptors (Lipinski definition) is 3. The summed E-state index contributed by atoms with van der Waals surface area (Å²) in [4.78, 5) is 0. The van der Waals surface area contributed by atoms with Crippen LogP contribution in [0.5, 0.6) is 5.75 Å². The molecule has 0 fully saturated rings. The zero-order chi connectivity index (χ0) is 11.1. The SMILES string of the molecule is CCOc1ccc(Br)cc1NCCCO. The summed E-state index contributed by atoms with van der Waals surface area (Å²) in [6.07, 6.45) is 0.734. The van der Waals surface area contributed by atoms with Gasteiger partial charge in [0.1, 0.15) is 5.75 Å². The average Bonchev–Trinajstić information content (AvgIpc) is 2.22. The van der Waals surface area contributed by atoms with Crippen LogP contribution in [0.3, 0.4) is 0 Å². The van der Waals surface area contributed by atoms with Crippen molar-refractivity contribution < 1.29 is 9.84 Å². The zero-order valence-electron chi connectivity index (χ0n) is 8.79. The summed E-state index contributed by atoms with van der Waals surface area (Å²) in [6, 6.07) is 5.85. The van der Waals surface area contributed by atoms with Crippen molar-refractivity contribution in [3.8, 4) is 5.75 Å². The summed E-state index contributed by atoms with van der Waals surface area (Å²) in [5, 5.41) is 11.9. The van der Waals surface area contributed by atoms with Crippen LogP contribution in [0.4, 0.5) is 5.69 Å². The Hall–Kier alpha value is -0.740. The van der Waals surface area contributed by atoms with Gasteiger partial charge in [0.25, 0.3) is 0 Å². The zero-order valence-corrected chi connectivity index (χ0v) is 10.4. The minimum atomic E-state index is 0.199. The highest BCUT2D eigenvalue weighted by Crippen LogP contribution is 2.28. The molecule has 15 heavy (non-hydrogen) atoms. The molecular formula is C11H16BrNO2. The number of anilines is 1. The summed E-state index contributed by atoms with van der Waals surface area (Å²) in [5.41, 5.74) is 0.958. The molecule has 0 spiro atoms. The van der Waals surface area contributed by atoms with E-state index in [1.165, 1.54) is 0 Å². The number of rotatable bonds is 6. The molecule has 0 aromatic heterocycles. The fourth-order valence-electron chi connectivity index (χ4n) is 1.22. The third-order valence-electron chi connectivity index (χ3n) is 1.89. The molecule has 0 atom stereocenters. The monoisotopic (exact) mass is 273 g/mol. The van der Waals surface area contributed by atoms with E-state index < -0.39 is 0 Å². The predicted molar refractivity (Wildman–Crippen MR) is 65.5 cm³/mol. The molecule has 0 unspecified atom stereocenters. The first-order valence-electron chi connectivity index (χ1n) is 5.05. The van der Waals surface area contributed by atoms with Crippen LogP contribution >= 0.6 is 15.9 Å². The maximum atomic E-state index is 8.69. The van der Waals surface area contributed by atoms with Crippen molar-refractivity contribution in [1.82, 2.24) is 0 Å². The molecule has 0 saturated carbocycles. The second kappa shape index (κ2) is 6.69. The number of ether oxygens (including phenoxy) is 1. The normalized spacial score (nSPS) is 10.1. The fourth-order valence-corrected chi connectivity index (χ4v) is 1.58. The van der Waals surface area contributed by atoms with Gasteiger partial charge in [-0.15, -0.1) is 0 Å². The number of benzene rings is 1. The van der Waals surface area contributed by atoms with E-state index in [0.717, 1.165) is 28.9 Å². The van der Waals surface area contributed by atoms with E-state index in [1.54, 1.807) is 0 Å². The van der Waals surface area contributed by atoms with E-state index in [9.17, 15) is 0 Å². The summed E-state index contributed by atoms with van der Waals surface area (Å²) in [5.74, 6) is 0.846. The van der Waals surface area contributed by atoms with Gasteiger partial charge in [0, 0.05) is 17.6 Å². The molecule has 1 aromatic rings.